The number of benzene rings is 3. The van der Waals surface area contributed by atoms with Crippen molar-refractivity contribution in [3.63, 3.8) is 0 Å². The van der Waals surface area contributed by atoms with Gasteiger partial charge in [-0.25, -0.2) is 4.39 Å². The van der Waals surface area contributed by atoms with Crippen molar-refractivity contribution in [3.05, 3.63) is 94.9 Å². The molecule has 0 bridgehead atoms. The van der Waals surface area contributed by atoms with E-state index in [1.165, 1.54) is 49.5 Å². The second-order valence-corrected chi connectivity index (χ2v) is 9.09. The summed E-state index contributed by atoms with van der Waals surface area (Å²) in [6.45, 7) is 0.180. The molecule has 1 saturated heterocycles. The number of Topliss-reactive ketones (excluding diaryl/α,β-unsaturated/α-hetero) is 1. The molecule has 9 heteroatoms. The number of likely N-dealkylation sites (tertiary alicyclic amines) is 1. The SMILES string of the molecule is COc1ccc2[nH]cc(CCN3C(=O)C(=O)/C(=C(\O)c4ccc(OC)c(OC)c4)C3c3ccc(F)cc3)c2c1. The van der Waals surface area contributed by atoms with Crippen LogP contribution < -0.4 is 14.2 Å². The average Bonchev–Trinajstić information content (AvgIpc) is 3.48. The zero-order chi connectivity index (χ0) is 27.7. The molecule has 200 valence electrons. The van der Waals surface area contributed by atoms with Crippen molar-refractivity contribution in [2.75, 3.05) is 27.9 Å². The number of nitrogens with one attached hydrogen (secondary N) is 1. The number of carbonyl (C=O) groups excluding carboxylic acids is 2. The van der Waals surface area contributed by atoms with Crippen molar-refractivity contribution in [2.24, 2.45) is 0 Å². The highest BCUT2D eigenvalue weighted by atomic mass is 19.1. The zero-order valence-electron chi connectivity index (χ0n) is 21.7. The lowest BCUT2D eigenvalue weighted by molar-refractivity contribution is -0.139. The topological polar surface area (TPSA) is 101 Å². The number of methoxy groups -OCH3 is 3. The van der Waals surface area contributed by atoms with Crippen LogP contribution in [0.15, 0.2) is 72.4 Å². The van der Waals surface area contributed by atoms with Crippen LogP contribution in [0.1, 0.15) is 22.7 Å². The predicted octanol–water partition coefficient (Wildman–Crippen LogP) is 5.00. The monoisotopic (exact) mass is 530 g/mol. The van der Waals surface area contributed by atoms with Crippen LogP contribution in [0.25, 0.3) is 16.7 Å². The van der Waals surface area contributed by atoms with Gasteiger partial charge in [0.05, 0.1) is 32.9 Å². The van der Waals surface area contributed by atoms with Gasteiger partial charge in [-0.1, -0.05) is 12.1 Å². The molecule has 39 heavy (non-hydrogen) atoms. The second kappa shape index (κ2) is 10.5. The number of ether oxygens (including phenoxy) is 3. The molecule has 0 aliphatic carbocycles. The summed E-state index contributed by atoms with van der Waals surface area (Å²) in [5.74, 6) is -0.888. The molecule has 2 N–H and O–H groups in total. The molecule has 1 aromatic heterocycles. The van der Waals surface area contributed by atoms with Gasteiger partial charge in [0.1, 0.15) is 17.3 Å². The molecule has 1 amide bonds. The molecular weight excluding hydrogens is 503 g/mol. The first-order valence-electron chi connectivity index (χ1n) is 12.3. The van der Waals surface area contributed by atoms with E-state index < -0.39 is 23.5 Å². The number of aromatic nitrogens is 1. The summed E-state index contributed by atoms with van der Waals surface area (Å²) in [6, 6.07) is 15.0. The zero-order valence-corrected chi connectivity index (χ0v) is 21.7. The van der Waals surface area contributed by atoms with E-state index in [0.717, 1.165) is 16.5 Å². The Balaban J connectivity index is 1.56. The summed E-state index contributed by atoms with van der Waals surface area (Å²) in [6.07, 6.45) is 2.28. The van der Waals surface area contributed by atoms with Crippen LogP contribution in [-0.4, -0.2) is 54.6 Å². The lowest BCUT2D eigenvalue weighted by Gasteiger charge is -2.25. The van der Waals surface area contributed by atoms with Gasteiger partial charge in [-0.2, -0.15) is 0 Å². The summed E-state index contributed by atoms with van der Waals surface area (Å²) in [4.78, 5) is 31.3. The van der Waals surface area contributed by atoms with Crippen LogP contribution in [-0.2, 0) is 16.0 Å². The van der Waals surface area contributed by atoms with E-state index in [9.17, 15) is 19.1 Å². The molecule has 1 atom stereocenters. The first kappa shape index (κ1) is 25.8. The van der Waals surface area contributed by atoms with Crippen LogP contribution in [0.2, 0.25) is 0 Å². The number of aliphatic hydroxyl groups is 1. The first-order valence-corrected chi connectivity index (χ1v) is 12.3. The van der Waals surface area contributed by atoms with E-state index in [2.05, 4.69) is 4.98 Å². The number of hydrogen-bond donors (Lipinski definition) is 2. The molecule has 0 spiro atoms. The lowest BCUT2D eigenvalue weighted by Crippen LogP contribution is -2.31. The molecule has 2 heterocycles. The van der Waals surface area contributed by atoms with Crippen LogP contribution in [0.4, 0.5) is 4.39 Å². The minimum Gasteiger partial charge on any atom is -0.507 e. The Hall–Kier alpha value is -4.79. The van der Waals surface area contributed by atoms with Crippen molar-refractivity contribution in [2.45, 2.75) is 12.5 Å². The van der Waals surface area contributed by atoms with Crippen molar-refractivity contribution in [1.29, 1.82) is 0 Å². The van der Waals surface area contributed by atoms with Gasteiger partial charge in [-0.3, -0.25) is 9.59 Å². The number of H-pyrrole nitrogens is 1. The largest absolute Gasteiger partial charge is 0.507 e. The minimum atomic E-state index is -0.918. The van der Waals surface area contributed by atoms with Gasteiger partial charge in [0.2, 0.25) is 0 Å². The highest BCUT2D eigenvalue weighted by Gasteiger charge is 2.46. The highest BCUT2D eigenvalue weighted by Crippen LogP contribution is 2.41. The number of carbonyl (C=O) groups is 2. The second-order valence-electron chi connectivity index (χ2n) is 9.09. The summed E-state index contributed by atoms with van der Waals surface area (Å²) in [7, 11) is 4.54. The van der Waals surface area contributed by atoms with Crippen LogP contribution in [0, 0.1) is 5.82 Å². The van der Waals surface area contributed by atoms with E-state index in [1.54, 1.807) is 19.2 Å². The number of halogens is 1. The summed E-state index contributed by atoms with van der Waals surface area (Å²) in [5, 5.41) is 12.3. The third-order valence-electron chi connectivity index (χ3n) is 6.98. The van der Waals surface area contributed by atoms with Crippen molar-refractivity contribution < 1.29 is 33.3 Å². The number of ketones is 1. The number of amides is 1. The maximum atomic E-state index is 13.8. The van der Waals surface area contributed by atoms with Gasteiger partial charge >= 0.3 is 0 Å². The Morgan fingerprint density at radius 2 is 1.69 bits per heavy atom. The fraction of sp³-hybridized carbons (Fsp3) is 0.200. The fourth-order valence-corrected chi connectivity index (χ4v) is 4.97. The maximum absolute atomic E-state index is 13.8. The molecule has 0 saturated carbocycles. The number of aliphatic hydroxyl groups excluding tert-OH is 1. The van der Waals surface area contributed by atoms with E-state index >= 15 is 0 Å². The Morgan fingerprint density at radius 3 is 2.38 bits per heavy atom. The van der Waals surface area contributed by atoms with Crippen LogP contribution >= 0.6 is 0 Å². The fourth-order valence-electron chi connectivity index (χ4n) is 4.97. The molecule has 8 nitrogen and oxygen atoms in total. The van der Waals surface area contributed by atoms with Crippen molar-refractivity contribution >= 4 is 28.4 Å². The van der Waals surface area contributed by atoms with Gasteiger partial charge in [0.25, 0.3) is 11.7 Å². The summed E-state index contributed by atoms with van der Waals surface area (Å²) < 4.78 is 29.8. The Labute approximate surface area is 224 Å². The van der Waals surface area contributed by atoms with E-state index in [0.29, 0.717) is 29.2 Å². The lowest BCUT2D eigenvalue weighted by atomic mass is 9.95. The Bertz CT molecular complexity index is 1590. The Morgan fingerprint density at radius 1 is 0.949 bits per heavy atom. The number of hydrogen-bond acceptors (Lipinski definition) is 6. The van der Waals surface area contributed by atoms with Gasteiger partial charge in [-0.15, -0.1) is 0 Å². The average molecular weight is 531 g/mol. The quantitative estimate of drug-likeness (QED) is 0.189. The summed E-state index contributed by atoms with van der Waals surface area (Å²) >= 11 is 0. The van der Waals surface area contributed by atoms with Crippen molar-refractivity contribution in [1.82, 2.24) is 9.88 Å². The molecule has 5 rings (SSSR count). The summed E-state index contributed by atoms with van der Waals surface area (Å²) in [5.41, 5.74) is 2.54. The van der Waals surface area contributed by atoms with E-state index in [1.807, 2.05) is 24.4 Å². The molecule has 1 unspecified atom stereocenters. The normalized spacial score (nSPS) is 16.6. The minimum absolute atomic E-state index is 0.0839. The Kier molecular flexibility index (Phi) is 6.98. The first-order chi connectivity index (χ1) is 18.9. The third kappa shape index (κ3) is 4.67. The molecule has 0 radical (unpaired) electrons. The highest BCUT2D eigenvalue weighted by molar-refractivity contribution is 6.46. The van der Waals surface area contributed by atoms with Crippen molar-refractivity contribution in [3.8, 4) is 17.2 Å². The number of fused-ring (bicyclic) bond motifs is 1. The molecule has 1 aliphatic heterocycles. The standard InChI is InChI=1S/C30H27FN2O6/c1-37-21-9-10-23-22(15-21)19(16-32-23)12-13-33-27(17-4-7-20(31)8-5-17)26(29(35)30(33)36)28(34)18-6-11-24(38-2)25(14-18)39-3/h4-11,14-16,27,32,34H,12-13H2,1-3H3/b28-26-. The van der Waals surface area contributed by atoms with Gasteiger partial charge < -0.3 is 29.2 Å². The van der Waals surface area contributed by atoms with Crippen LogP contribution in [0.5, 0.6) is 17.2 Å². The number of nitrogens with zero attached hydrogens (tertiary/aromatic N) is 1. The smallest absolute Gasteiger partial charge is 0.295 e. The van der Waals surface area contributed by atoms with E-state index in [-0.39, 0.29) is 23.4 Å². The number of rotatable bonds is 8. The molecule has 4 aromatic rings. The van der Waals surface area contributed by atoms with Gasteiger partial charge in [0.15, 0.2) is 11.5 Å². The molecule has 3 aromatic carbocycles. The predicted molar refractivity (Wildman–Crippen MR) is 144 cm³/mol. The molecular formula is C30H27FN2O6. The molecule has 1 aliphatic rings. The van der Waals surface area contributed by atoms with E-state index in [4.69, 9.17) is 14.2 Å². The molecule has 1 fully saturated rings. The number of aromatic amines is 1. The van der Waals surface area contributed by atoms with Gasteiger partial charge in [0, 0.05) is 29.2 Å². The maximum Gasteiger partial charge on any atom is 0.295 e. The third-order valence-corrected chi connectivity index (χ3v) is 6.98. The van der Waals surface area contributed by atoms with Gasteiger partial charge in [-0.05, 0) is 66.1 Å². The van der Waals surface area contributed by atoms with Crippen LogP contribution in [0.3, 0.4) is 0 Å².